The number of hydrogen-bond acceptors (Lipinski definition) is 3. The Balaban J connectivity index is 1.88. The highest BCUT2D eigenvalue weighted by Gasteiger charge is 2.13. The molecule has 0 unspecified atom stereocenters. The van der Waals surface area contributed by atoms with Gasteiger partial charge in [0.2, 0.25) is 0 Å². The molecule has 1 heterocycles. The van der Waals surface area contributed by atoms with Gasteiger partial charge in [-0.2, -0.15) is 5.26 Å². The van der Waals surface area contributed by atoms with E-state index < -0.39 is 11.9 Å². The van der Waals surface area contributed by atoms with Gasteiger partial charge in [-0.05, 0) is 17.7 Å². The third kappa shape index (κ3) is 4.22. The predicted molar refractivity (Wildman–Crippen MR) is 101 cm³/mol. The fourth-order valence-corrected chi connectivity index (χ4v) is 2.84. The molecule has 1 amide bonds. The van der Waals surface area contributed by atoms with Gasteiger partial charge in [0.1, 0.15) is 18.2 Å². The lowest BCUT2D eigenvalue weighted by molar-refractivity contribution is -0.137. The Bertz CT molecular complexity index is 1060. The number of carbonyl (C=O) groups excluding carboxylic acids is 1. The second-order valence-corrected chi connectivity index (χ2v) is 5.96. The lowest BCUT2D eigenvalue weighted by Crippen LogP contribution is -2.23. The number of aromatic nitrogens is 1. The fourth-order valence-electron chi connectivity index (χ4n) is 2.84. The zero-order chi connectivity index (χ0) is 19.2. The van der Waals surface area contributed by atoms with Gasteiger partial charge in [0, 0.05) is 29.2 Å². The molecule has 3 rings (SSSR count). The average Bonchev–Trinajstić information content (AvgIpc) is 3.02. The molecule has 0 radical (unpaired) electrons. The summed E-state index contributed by atoms with van der Waals surface area (Å²) in [6.45, 7) is 0.121. The van der Waals surface area contributed by atoms with Gasteiger partial charge in [0.15, 0.2) is 0 Å². The van der Waals surface area contributed by atoms with Crippen LogP contribution in [0.3, 0.4) is 0 Å². The van der Waals surface area contributed by atoms with Crippen LogP contribution in [0.25, 0.3) is 17.0 Å². The number of nitriles is 1. The summed E-state index contributed by atoms with van der Waals surface area (Å²) in [4.78, 5) is 23.4. The predicted octanol–water partition coefficient (Wildman–Crippen LogP) is 2.95. The van der Waals surface area contributed by atoms with Gasteiger partial charge in [-0.25, -0.2) is 0 Å². The molecule has 0 saturated heterocycles. The summed E-state index contributed by atoms with van der Waals surface area (Å²) >= 11 is 0. The van der Waals surface area contributed by atoms with Crippen molar-refractivity contribution in [3.8, 4) is 6.07 Å². The van der Waals surface area contributed by atoms with Crippen molar-refractivity contribution in [3.63, 3.8) is 0 Å². The molecule has 0 aliphatic rings. The normalized spacial score (nSPS) is 11.1. The summed E-state index contributed by atoms with van der Waals surface area (Å²) in [7, 11) is 0. The zero-order valence-electron chi connectivity index (χ0n) is 14.4. The number of fused-ring (bicyclic) bond motifs is 1. The van der Waals surface area contributed by atoms with E-state index in [0.29, 0.717) is 12.1 Å². The quantitative estimate of drug-likeness (QED) is 0.522. The largest absolute Gasteiger partial charge is 0.480 e. The monoisotopic (exact) mass is 359 g/mol. The Labute approximate surface area is 156 Å². The number of hydrogen-bond donors (Lipinski definition) is 2. The Morgan fingerprint density at radius 2 is 1.81 bits per heavy atom. The number of nitrogens with zero attached hydrogens (tertiary/aromatic N) is 2. The van der Waals surface area contributed by atoms with Crippen LogP contribution in [-0.4, -0.2) is 21.6 Å². The molecular formula is C21H17N3O3. The van der Waals surface area contributed by atoms with Gasteiger partial charge in [-0.3, -0.25) is 9.59 Å². The molecule has 0 spiro atoms. The zero-order valence-corrected chi connectivity index (χ0v) is 14.4. The maximum absolute atomic E-state index is 12.4. The van der Waals surface area contributed by atoms with Crippen LogP contribution >= 0.6 is 0 Å². The van der Waals surface area contributed by atoms with Gasteiger partial charge >= 0.3 is 5.97 Å². The highest BCUT2D eigenvalue weighted by atomic mass is 16.4. The van der Waals surface area contributed by atoms with Crippen molar-refractivity contribution >= 4 is 28.9 Å². The first-order chi connectivity index (χ1) is 13.1. The molecule has 134 valence electrons. The number of carboxylic acids is 1. The minimum Gasteiger partial charge on any atom is -0.480 e. The maximum Gasteiger partial charge on any atom is 0.323 e. The Morgan fingerprint density at radius 1 is 1.11 bits per heavy atom. The van der Waals surface area contributed by atoms with E-state index in [4.69, 9.17) is 5.11 Å². The van der Waals surface area contributed by atoms with Crippen molar-refractivity contribution in [2.45, 2.75) is 13.1 Å². The number of aliphatic carboxylic acids is 1. The minimum atomic E-state index is -0.965. The molecule has 6 nitrogen and oxygen atoms in total. The molecule has 0 aliphatic heterocycles. The number of carboxylic acid groups (broad SMARTS) is 1. The second-order valence-electron chi connectivity index (χ2n) is 5.96. The van der Waals surface area contributed by atoms with E-state index in [0.717, 1.165) is 16.5 Å². The summed E-state index contributed by atoms with van der Waals surface area (Å²) < 4.78 is 1.58. The van der Waals surface area contributed by atoms with Crippen molar-refractivity contribution in [3.05, 3.63) is 77.5 Å². The highest BCUT2D eigenvalue weighted by molar-refractivity contribution is 6.04. The van der Waals surface area contributed by atoms with E-state index in [1.54, 1.807) is 16.8 Å². The molecule has 0 bridgehead atoms. The summed E-state index contributed by atoms with van der Waals surface area (Å²) in [5.41, 5.74) is 2.25. The Kier molecular flexibility index (Phi) is 5.33. The van der Waals surface area contributed by atoms with Crippen LogP contribution in [0.4, 0.5) is 0 Å². The summed E-state index contributed by atoms with van der Waals surface area (Å²) in [5, 5.41) is 22.0. The lowest BCUT2D eigenvalue weighted by atomic mass is 10.1. The topological polar surface area (TPSA) is 95.1 Å². The number of rotatable bonds is 6. The molecule has 3 aromatic rings. The molecule has 2 N–H and O–H groups in total. The van der Waals surface area contributed by atoms with E-state index in [1.165, 1.54) is 6.08 Å². The number of para-hydroxylation sites is 1. The van der Waals surface area contributed by atoms with E-state index in [-0.39, 0.29) is 12.1 Å². The van der Waals surface area contributed by atoms with Gasteiger partial charge in [0.05, 0.1) is 0 Å². The molecule has 0 fully saturated rings. The smallest absolute Gasteiger partial charge is 0.323 e. The number of amides is 1. The average molecular weight is 359 g/mol. The standard InChI is InChI=1S/C21H17N3O3/c22-11-16(21(27)23-12-15-6-2-1-3-7-15)10-17-13-24(14-20(25)26)19-9-5-4-8-18(17)19/h1-10,13H,12,14H2,(H,23,27)(H,25,26). The van der Waals surface area contributed by atoms with Crippen LogP contribution in [0.5, 0.6) is 0 Å². The highest BCUT2D eigenvalue weighted by Crippen LogP contribution is 2.23. The van der Waals surface area contributed by atoms with Crippen LogP contribution in [0.1, 0.15) is 11.1 Å². The third-order valence-electron chi connectivity index (χ3n) is 4.09. The SMILES string of the molecule is N#CC(=Cc1cn(CC(=O)O)c2ccccc12)C(=O)NCc1ccccc1. The van der Waals surface area contributed by atoms with Crippen molar-refractivity contribution in [1.29, 1.82) is 5.26 Å². The van der Waals surface area contributed by atoms with Crippen molar-refractivity contribution in [1.82, 2.24) is 9.88 Å². The summed E-state index contributed by atoms with van der Waals surface area (Å²) in [6, 6.07) is 18.6. The third-order valence-corrected chi connectivity index (χ3v) is 4.09. The van der Waals surface area contributed by atoms with E-state index >= 15 is 0 Å². The first-order valence-electron chi connectivity index (χ1n) is 8.32. The van der Waals surface area contributed by atoms with Gasteiger partial charge < -0.3 is 15.0 Å². The first-order valence-corrected chi connectivity index (χ1v) is 8.32. The first kappa shape index (κ1) is 18.0. The van der Waals surface area contributed by atoms with Gasteiger partial charge in [-0.15, -0.1) is 0 Å². The molecule has 27 heavy (non-hydrogen) atoms. The van der Waals surface area contributed by atoms with Crippen molar-refractivity contribution < 1.29 is 14.7 Å². The van der Waals surface area contributed by atoms with Crippen LogP contribution in [0.15, 0.2) is 66.4 Å². The van der Waals surface area contributed by atoms with Crippen LogP contribution in [-0.2, 0) is 22.7 Å². The Hall–Kier alpha value is -3.85. The van der Waals surface area contributed by atoms with Crippen LogP contribution in [0, 0.1) is 11.3 Å². The van der Waals surface area contributed by atoms with Crippen molar-refractivity contribution in [2.75, 3.05) is 0 Å². The molecule has 0 aliphatic carbocycles. The molecule has 0 atom stereocenters. The lowest BCUT2D eigenvalue weighted by Gasteiger charge is -2.04. The van der Waals surface area contributed by atoms with Crippen molar-refractivity contribution in [2.24, 2.45) is 0 Å². The summed E-state index contributed by atoms with van der Waals surface area (Å²) in [6.07, 6.45) is 3.13. The molecule has 0 saturated carbocycles. The molecule has 6 heteroatoms. The number of nitrogens with one attached hydrogen (secondary N) is 1. The minimum absolute atomic E-state index is 0.0378. The fraction of sp³-hybridized carbons (Fsp3) is 0.0952. The molecular weight excluding hydrogens is 342 g/mol. The van der Waals surface area contributed by atoms with E-state index in [9.17, 15) is 14.9 Å². The number of benzene rings is 2. The maximum atomic E-state index is 12.4. The molecule has 2 aromatic carbocycles. The van der Waals surface area contributed by atoms with E-state index in [2.05, 4.69) is 5.32 Å². The summed E-state index contributed by atoms with van der Waals surface area (Å²) in [5.74, 6) is -1.44. The van der Waals surface area contributed by atoms with Gasteiger partial charge in [0.25, 0.3) is 5.91 Å². The molecule has 1 aromatic heterocycles. The van der Waals surface area contributed by atoms with Crippen LogP contribution < -0.4 is 5.32 Å². The van der Waals surface area contributed by atoms with Crippen LogP contribution in [0.2, 0.25) is 0 Å². The van der Waals surface area contributed by atoms with E-state index in [1.807, 2.05) is 54.6 Å². The number of carbonyl (C=O) groups is 2. The van der Waals surface area contributed by atoms with Gasteiger partial charge in [-0.1, -0.05) is 48.5 Å². The Morgan fingerprint density at radius 3 is 2.52 bits per heavy atom. The second kappa shape index (κ2) is 8.02.